The van der Waals surface area contributed by atoms with E-state index in [0.717, 1.165) is 29.0 Å². The van der Waals surface area contributed by atoms with Crippen LogP contribution >= 0.6 is 23.2 Å². The molecule has 0 aliphatic carbocycles. The summed E-state index contributed by atoms with van der Waals surface area (Å²) in [5.41, 5.74) is 4.29. The molecule has 0 aliphatic rings. The van der Waals surface area contributed by atoms with E-state index >= 15 is 0 Å². The monoisotopic (exact) mass is 304 g/mol. The number of fused-ring (bicyclic) bond motifs is 1. The van der Waals surface area contributed by atoms with E-state index in [1.807, 2.05) is 18.2 Å². The Morgan fingerprint density at radius 1 is 1.10 bits per heavy atom. The molecule has 0 N–H and O–H groups in total. The Morgan fingerprint density at radius 3 is 2.55 bits per heavy atom. The van der Waals surface area contributed by atoms with Crippen LogP contribution in [0.4, 0.5) is 0 Å². The highest BCUT2D eigenvalue weighted by molar-refractivity contribution is 6.31. The fraction of sp³-hybridized carbons (Fsp3) is 0.188. The van der Waals surface area contributed by atoms with Gasteiger partial charge < -0.3 is 0 Å². The van der Waals surface area contributed by atoms with Crippen LogP contribution in [0.15, 0.2) is 42.5 Å². The average molecular weight is 305 g/mol. The molecule has 2 aromatic carbocycles. The Labute approximate surface area is 128 Å². The van der Waals surface area contributed by atoms with Crippen molar-refractivity contribution in [1.29, 1.82) is 0 Å². The van der Waals surface area contributed by atoms with Gasteiger partial charge in [0.2, 0.25) is 0 Å². The minimum Gasteiger partial charge on any atom is -0.296 e. The van der Waals surface area contributed by atoms with Gasteiger partial charge in [0, 0.05) is 23.0 Å². The Bertz CT molecular complexity index is 745. The fourth-order valence-corrected chi connectivity index (χ4v) is 2.67. The number of halogens is 2. The van der Waals surface area contributed by atoms with Crippen molar-refractivity contribution in [2.75, 3.05) is 5.88 Å². The Hall–Kier alpha value is -1.51. The van der Waals surface area contributed by atoms with Crippen molar-refractivity contribution in [3.8, 4) is 5.69 Å². The summed E-state index contributed by atoms with van der Waals surface area (Å²) >= 11 is 11.9. The molecule has 0 bridgehead atoms. The fourth-order valence-electron chi connectivity index (χ4n) is 2.34. The Balaban J connectivity index is 2.25. The van der Waals surface area contributed by atoms with Crippen molar-refractivity contribution in [3.63, 3.8) is 0 Å². The number of hydrogen-bond donors (Lipinski definition) is 0. The van der Waals surface area contributed by atoms with E-state index in [9.17, 15) is 0 Å². The SMILES string of the molecule is Cc1ccc(-n2c(CCCl)nc3cc(Cl)ccc32)cc1. The number of hydrogen-bond acceptors (Lipinski definition) is 1. The lowest BCUT2D eigenvalue weighted by atomic mass is 10.2. The van der Waals surface area contributed by atoms with Crippen molar-refractivity contribution < 1.29 is 0 Å². The molecule has 3 rings (SSSR count). The van der Waals surface area contributed by atoms with Crippen molar-refractivity contribution in [1.82, 2.24) is 9.55 Å². The molecule has 1 aromatic heterocycles. The highest BCUT2D eigenvalue weighted by atomic mass is 35.5. The van der Waals surface area contributed by atoms with Crippen molar-refractivity contribution >= 4 is 34.2 Å². The lowest BCUT2D eigenvalue weighted by Crippen LogP contribution is -2.02. The first kappa shape index (κ1) is 13.5. The van der Waals surface area contributed by atoms with Crippen LogP contribution in [0.3, 0.4) is 0 Å². The summed E-state index contributed by atoms with van der Waals surface area (Å²) in [7, 11) is 0. The predicted molar refractivity (Wildman–Crippen MR) is 85.2 cm³/mol. The molecular weight excluding hydrogens is 291 g/mol. The summed E-state index contributed by atoms with van der Waals surface area (Å²) < 4.78 is 2.15. The molecule has 0 amide bonds. The first-order valence-electron chi connectivity index (χ1n) is 6.49. The van der Waals surface area contributed by atoms with Crippen LogP contribution in [-0.2, 0) is 6.42 Å². The molecule has 0 fully saturated rings. The maximum absolute atomic E-state index is 6.05. The molecule has 20 heavy (non-hydrogen) atoms. The van der Waals surface area contributed by atoms with Gasteiger partial charge in [-0.1, -0.05) is 29.3 Å². The third kappa shape index (κ3) is 2.41. The highest BCUT2D eigenvalue weighted by Gasteiger charge is 2.12. The standard InChI is InChI=1S/C16H14Cl2N2/c1-11-2-5-13(6-3-11)20-15-7-4-12(18)10-14(15)19-16(20)8-9-17/h2-7,10H,8-9H2,1H3. The molecule has 3 aromatic rings. The van der Waals surface area contributed by atoms with Crippen molar-refractivity contribution in [2.45, 2.75) is 13.3 Å². The van der Waals surface area contributed by atoms with Crippen LogP contribution in [-0.4, -0.2) is 15.4 Å². The molecule has 4 heteroatoms. The summed E-state index contributed by atoms with van der Waals surface area (Å²) in [4.78, 5) is 4.66. The second-order valence-corrected chi connectivity index (χ2v) is 5.59. The number of aryl methyl sites for hydroxylation is 2. The second kappa shape index (κ2) is 5.47. The van der Waals surface area contributed by atoms with Crippen LogP contribution in [0.25, 0.3) is 16.7 Å². The number of aromatic nitrogens is 2. The van der Waals surface area contributed by atoms with E-state index in [-0.39, 0.29) is 0 Å². The third-order valence-electron chi connectivity index (χ3n) is 3.30. The first-order valence-corrected chi connectivity index (χ1v) is 7.40. The topological polar surface area (TPSA) is 17.8 Å². The van der Waals surface area contributed by atoms with Crippen molar-refractivity contribution in [2.24, 2.45) is 0 Å². The summed E-state index contributed by atoms with van der Waals surface area (Å²) in [6, 6.07) is 14.2. The van der Waals surface area contributed by atoms with Gasteiger partial charge in [0.25, 0.3) is 0 Å². The minimum absolute atomic E-state index is 0.545. The molecule has 0 spiro atoms. The molecular formula is C16H14Cl2N2. The van der Waals surface area contributed by atoms with Gasteiger partial charge in [-0.25, -0.2) is 4.98 Å². The molecule has 0 unspecified atom stereocenters. The molecule has 0 aliphatic heterocycles. The first-order chi connectivity index (χ1) is 9.69. The molecule has 2 nitrogen and oxygen atoms in total. The number of alkyl halides is 1. The highest BCUT2D eigenvalue weighted by Crippen LogP contribution is 2.25. The maximum atomic E-state index is 6.05. The van der Waals surface area contributed by atoms with E-state index in [1.54, 1.807) is 0 Å². The summed E-state index contributed by atoms with van der Waals surface area (Å²) in [5.74, 6) is 1.50. The molecule has 0 saturated carbocycles. The molecule has 0 radical (unpaired) electrons. The van der Waals surface area contributed by atoms with Gasteiger partial charge in [-0.15, -0.1) is 11.6 Å². The number of benzene rings is 2. The number of rotatable bonds is 3. The lowest BCUT2D eigenvalue weighted by Gasteiger charge is -2.09. The summed E-state index contributed by atoms with van der Waals surface area (Å²) in [5, 5.41) is 0.698. The quantitative estimate of drug-likeness (QED) is 0.637. The Kier molecular flexibility index (Phi) is 3.68. The maximum Gasteiger partial charge on any atom is 0.115 e. The van der Waals surface area contributed by atoms with Crippen LogP contribution in [0, 0.1) is 6.92 Å². The summed E-state index contributed by atoms with van der Waals surface area (Å²) in [6.45, 7) is 2.08. The van der Waals surface area contributed by atoms with Gasteiger partial charge in [-0.3, -0.25) is 4.57 Å². The van der Waals surface area contributed by atoms with E-state index < -0.39 is 0 Å². The second-order valence-electron chi connectivity index (χ2n) is 4.77. The zero-order valence-corrected chi connectivity index (χ0v) is 12.6. The lowest BCUT2D eigenvalue weighted by molar-refractivity contribution is 0.912. The van der Waals surface area contributed by atoms with Gasteiger partial charge >= 0.3 is 0 Å². The molecule has 1 heterocycles. The van der Waals surface area contributed by atoms with Gasteiger partial charge in [0.15, 0.2) is 0 Å². The van der Waals surface area contributed by atoms with Gasteiger partial charge in [0.05, 0.1) is 11.0 Å². The largest absolute Gasteiger partial charge is 0.296 e. The predicted octanol–water partition coefficient (Wildman–Crippen LogP) is 4.77. The average Bonchev–Trinajstić information content (AvgIpc) is 2.77. The van der Waals surface area contributed by atoms with Gasteiger partial charge in [-0.05, 0) is 37.3 Å². The van der Waals surface area contributed by atoms with E-state index in [4.69, 9.17) is 23.2 Å². The third-order valence-corrected chi connectivity index (χ3v) is 3.72. The van der Waals surface area contributed by atoms with Crippen molar-refractivity contribution in [3.05, 3.63) is 58.9 Å². The molecule has 0 atom stereocenters. The normalized spacial score (nSPS) is 11.2. The number of imidazole rings is 1. The molecule has 0 saturated heterocycles. The Morgan fingerprint density at radius 2 is 1.85 bits per heavy atom. The molecule has 102 valence electrons. The van der Waals surface area contributed by atoms with Crippen LogP contribution < -0.4 is 0 Å². The van der Waals surface area contributed by atoms with Crippen LogP contribution in [0.2, 0.25) is 5.02 Å². The zero-order valence-electron chi connectivity index (χ0n) is 11.1. The van der Waals surface area contributed by atoms with E-state index in [2.05, 4.69) is 40.7 Å². The zero-order chi connectivity index (χ0) is 14.1. The minimum atomic E-state index is 0.545. The van der Waals surface area contributed by atoms with Crippen LogP contribution in [0.5, 0.6) is 0 Å². The summed E-state index contributed by atoms with van der Waals surface area (Å²) in [6.07, 6.45) is 0.724. The van der Waals surface area contributed by atoms with Gasteiger partial charge in [-0.2, -0.15) is 0 Å². The van der Waals surface area contributed by atoms with Crippen LogP contribution in [0.1, 0.15) is 11.4 Å². The number of nitrogens with zero attached hydrogens (tertiary/aromatic N) is 2. The van der Waals surface area contributed by atoms with E-state index in [0.29, 0.717) is 10.9 Å². The smallest absolute Gasteiger partial charge is 0.115 e. The van der Waals surface area contributed by atoms with E-state index in [1.165, 1.54) is 5.56 Å². The van der Waals surface area contributed by atoms with Gasteiger partial charge in [0.1, 0.15) is 5.82 Å².